The van der Waals surface area contributed by atoms with Crippen molar-refractivity contribution in [2.45, 2.75) is 25.8 Å². The maximum atomic E-state index is 12.4. The number of carbonyl (C=O) groups excluding carboxylic acids is 1. The molecule has 3 nitrogen and oxygen atoms in total. The van der Waals surface area contributed by atoms with Crippen molar-refractivity contribution in [2.24, 2.45) is 0 Å². The van der Waals surface area contributed by atoms with Crippen molar-refractivity contribution in [1.29, 1.82) is 0 Å². The first-order valence-corrected chi connectivity index (χ1v) is 7.91. The van der Waals surface area contributed by atoms with Gasteiger partial charge in [0.2, 0.25) is 0 Å². The van der Waals surface area contributed by atoms with Gasteiger partial charge in [-0.2, -0.15) is 0 Å². The zero-order chi connectivity index (χ0) is 14.7. The molecule has 4 heteroatoms. The smallest absolute Gasteiger partial charge is 0.252 e. The van der Waals surface area contributed by atoms with Gasteiger partial charge in [0.1, 0.15) is 5.76 Å². The van der Waals surface area contributed by atoms with Crippen LogP contribution in [0.15, 0.2) is 52.5 Å². The van der Waals surface area contributed by atoms with Crippen LogP contribution in [0.25, 0.3) is 10.1 Å². The molecule has 1 atom stereocenters. The average molecular weight is 299 g/mol. The number of amides is 1. The summed E-state index contributed by atoms with van der Waals surface area (Å²) in [6.07, 6.45) is 3.37. The molecule has 0 aliphatic rings. The van der Waals surface area contributed by atoms with Crippen LogP contribution in [0.5, 0.6) is 0 Å². The van der Waals surface area contributed by atoms with Crippen LogP contribution in [0.4, 0.5) is 0 Å². The summed E-state index contributed by atoms with van der Waals surface area (Å²) >= 11 is 1.60. The van der Waals surface area contributed by atoms with Gasteiger partial charge in [-0.3, -0.25) is 4.79 Å². The molecule has 21 heavy (non-hydrogen) atoms. The minimum Gasteiger partial charge on any atom is -0.469 e. The normalized spacial score (nSPS) is 12.4. The highest BCUT2D eigenvalue weighted by Crippen LogP contribution is 2.25. The summed E-state index contributed by atoms with van der Waals surface area (Å²) in [7, 11) is 0. The highest BCUT2D eigenvalue weighted by Gasteiger charge is 2.14. The van der Waals surface area contributed by atoms with Crippen LogP contribution in [-0.2, 0) is 6.42 Å². The van der Waals surface area contributed by atoms with E-state index in [0.717, 1.165) is 34.3 Å². The number of hydrogen-bond acceptors (Lipinski definition) is 3. The van der Waals surface area contributed by atoms with Crippen LogP contribution in [0.1, 0.15) is 29.5 Å². The molecular weight excluding hydrogens is 282 g/mol. The van der Waals surface area contributed by atoms with Gasteiger partial charge >= 0.3 is 0 Å². The Labute approximate surface area is 127 Å². The zero-order valence-electron chi connectivity index (χ0n) is 11.8. The lowest BCUT2D eigenvalue weighted by atomic mass is 10.1. The summed E-state index contributed by atoms with van der Waals surface area (Å²) in [5.41, 5.74) is 0.764. The Bertz CT molecular complexity index is 730. The van der Waals surface area contributed by atoms with E-state index in [-0.39, 0.29) is 11.9 Å². The number of carbonyl (C=O) groups is 1. The van der Waals surface area contributed by atoms with Gasteiger partial charge in [-0.15, -0.1) is 11.3 Å². The third-order valence-corrected chi connectivity index (χ3v) is 4.47. The number of aryl methyl sites for hydroxylation is 1. The van der Waals surface area contributed by atoms with Crippen LogP contribution in [0.2, 0.25) is 0 Å². The van der Waals surface area contributed by atoms with E-state index in [1.807, 2.05) is 48.7 Å². The number of nitrogens with one attached hydrogen (secondary N) is 1. The monoisotopic (exact) mass is 299 g/mol. The van der Waals surface area contributed by atoms with E-state index in [1.165, 1.54) is 0 Å². The fourth-order valence-corrected chi connectivity index (χ4v) is 3.28. The molecule has 2 heterocycles. The van der Waals surface area contributed by atoms with Gasteiger partial charge in [-0.25, -0.2) is 0 Å². The van der Waals surface area contributed by atoms with E-state index in [1.54, 1.807) is 17.6 Å². The summed E-state index contributed by atoms with van der Waals surface area (Å²) in [5, 5.41) is 6.02. The first-order chi connectivity index (χ1) is 10.2. The van der Waals surface area contributed by atoms with Crippen molar-refractivity contribution in [3.8, 4) is 0 Å². The molecule has 1 amide bonds. The lowest BCUT2D eigenvalue weighted by Crippen LogP contribution is -2.32. The van der Waals surface area contributed by atoms with Crippen molar-refractivity contribution >= 4 is 27.3 Å². The van der Waals surface area contributed by atoms with Crippen molar-refractivity contribution in [3.05, 3.63) is 59.4 Å². The van der Waals surface area contributed by atoms with Gasteiger partial charge in [-0.05, 0) is 31.5 Å². The van der Waals surface area contributed by atoms with Gasteiger partial charge in [-0.1, -0.05) is 18.2 Å². The summed E-state index contributed by atoms with van der Waals surface area (Å²) in [4.78, 5) is 12.4. The van der Waals surface area contributed by atoms with Crippen LogP contribution < -0.4 is 5.32 Å². The Morgan fingerprint density at radius 2 is 2.14 bits per heavy atom. The molecule has 1 N–H and O–H groups in total. The van der Waals surface area contributed by atoms with Crippen molar-refractivity contribution < 1.29 is 9.21 Å². The van der Waals surface area contributed by atoms with Gasteiger partial charge in [0.25, 0.3) is 5.91 Å². The number of rotatable bonds is 5. The topological polar surface area (TPSA) is 42.2 Å². The predicted molar refractivity (Wildman–Crippen MR) is 85.8 cm³/mol. The lowest BCUT2D eigenvalue weighted by molar-refractivity contribution is 0.0940. The number of thiophene rings is 1. The lowest BCUT2D eigenvalue weighted by Gasteiger charge is -2.12. The molecule has 0 bridgehead atoms. The van der Waals surface area contributed by atoms with Crippen LogP contribution in [0.3, 0.4) is 0 Å². The second-order valence-electron chi connectivity index (χ2n) is 5.14. The van der Waals surface area contributed by atoms with E-state index in [2.05, 4.69) is 5.32 Å². The fourth-order valence-electron chi connectivity index (χ4n) is 2.34. The Morgan fingerprint density at radius 3 is 2.95 bits per heavy atom. The Balaban J connectivity index is 1.63. The molecule has 0 saturated carbocycles. The molecule has 2 aromatic heterocycles. The standard InChI is InChI=1S/C17H17NO2S/c1-12(8-9-13-5-4-10-20-13)18-17(19)15-11-21-16-7-3-2-6-14(15)16/h2-7,10-12H,8-9H2,1H3,(H,18,19). The molecule has 1 unspecified atom stereocenters. The molecule has 1 aromatic carbocycles. The van der Waals surface area contributed by atoms with Crippen molar-refractivity contribution in [1.82, 2.24) is 5.32 Å². The Hall–Kier alpha value is -2.07. The molecule has 0 radical (unpaired) electrons. The first-order valence-electron chi connectivity index (χ1n) is 7.03. The molecule has 108 valence electrons. The van der Waals surface area contributed by atoms with E-state index in [0.29, 0.717) is 0 Å². The predicted octanol–water partition coefficient (Wildman–Crippen LogP) is 4.25. The Kier molecular flexibility index (Phi) is 4.06. The molecule has 0 spiro atoms. The molecule has 3 aromatic rings. The van der Waals surface area contributed by atoms with E-state index in [9.17, 15) is 4.79 Å². The van der Waals surface area contributed by atoms with Crippen LogP contribution in [0, 0.1) is 0 Å². The molecule has 3 rings (SSSR count). The highest BCUT2D eigenvalue weighted by atomic mass is 32.1. The zero-order valence-corrected chi connectivity index (χ0v) is 12.7. The summed E-state index contributed by atoms with van der Waals surface area (Å²) < 4.78 is 6.45. The molecule has 0 fully saturated rings. The molecule has 0 aliphatic carbocycles. The van der Waals surface area contributed by atoms with Gasteiger partial charge in [0.05, 0.1) is 11.8 Å². The minimum absolute atomic E-state index is 0.000560. The third-order valence-electron chi connectivity index (χ3n) is 3.51. The van der Waals surface area contributed by atoms with Crippen molar-refractivity contribution in [2.75, 3.05) is 0 Å². The van der Waals surface area contributed by atoms with Crippen molar-refractivity contribution in [3.63, 3.8) is 0 Å². The van der Waals surface area contributed by atoms with Crippen LogP contribution >= 0.6 is 11.3 Å². The summed E-state index contributed by atoms with van der Waals surface area (Å²) in [6, 6.07) is 11.9. The first kappa shape index (κ1) is 13.9. The van der Waals surface area contributed by atoms with Gasteiger partial charge < -0.3 is 9.73 Å². The van der Waals surface area contributed by atoms with E-state index in [4.69, 9.17) is 4.42 Å². The van der Waals surface area contributed by atoms with Gasteiger partial charge in [0.15, 0.2) is 0 Å². The third kappa shape index (κ3) is 3.16. The number of benzene rings is 1. The number of fused-ring (bicyclic) bond motifs is 1. The largest absolute Gasteiger partial charge is 0.469 e. The Morgan fingerprint density at radius 1 is 1.29 bits per heavy atom. The quantitative estimate of drug-likeness (QED) is 0.765. The highest BCUT2D eigenvalue weighted by molar-refractivity contribution is 7.17. The fraction of sp³-hybridized carbons (Fsp3) is 0.235. The average Bonchev–Trinajstić information content (AvgIpc) is 3.14. The van der Waals surface area contributed by atoms with E-state index < -0.39 is 0 Å². The maximum absolute atomic E-state index is 12.4. The van der Waals surface area contributed by atoms with Gasteiger partial charge in [0, 0.05) is 27.9 Å². The summed E-state index contributed by atoms with van der Waals surface area (Å²) in [6.45, 7) is 2.02. The minimum atomic E-state index is -0.000560. The molecular formula is C17H17NO2S. The van der Waals surface area contributed by atoms with Crippen LogP contribution in [-0.4, -0.2) is 11.9 Å². The maximum Gasteiger partial charge on any atom is 0.252 e. The SMILES string of the molecule is CC(CCc1ccco1)NC(=O)c1csc2ccccc12. The van der Waals surface area contributed by atoms with E-state index >= 15 is 0 Å². The number of hydrogen-bond donors (Lipinski definition) is 1. The second-order valence-corrected chi connectivity index (χ2v) is 6.05. The molecule has 0 saturated heterocycles. The summed E-state index contributed by atoms with van der Waals surface area (Å²) in [5.74, 6) is 0.955. The number of furan rings is 1. The molecule has 0 aliphatic heterocycles. The second kappa shape index (κ2) is 6.14.